The van der Waals surface area contributed by atoms with Crippen molar-refractivity contribution >= 4 is 5.91 Å². The van der Waals surface area contributed by atoms with Crippen LogP contribution in [0.4, 0.5) is 0 Å². The lowest BCUT2D eigenvalue weighted by molar-refractivity contribution is 0.0916. The third kappa shape index (κ3) is 3.02. The van der Waals surface area contributed by atoms with Crippen molar-refractivity contribution in [1.29, 1.82) is 0 Å². The Labute approximate surface area is 139 Å². The van der Waals surface area contributed by atoms with Crippen molar-refractivity contribution in [2.75, 3.05) is 26.3 Å². The average molecular weight is 328 g/mol. The number of amides is 1. The van der Waals surface area contributed by atoms with Crippen molar-refractivity contribution in [3.8, 4) is 5.82 Å². The first-order valence-electron chi connectivity index (χ1n) is 8.25. The summed E-state index contributed by atoms with van der Waals surface area (Å²) in [4.78, 5) is 19.3. The van der Waals surface area contributed by atoms with E-state index in [0.717, 1.165) is 13.1 Å². The molecule has 2 aliphatic rings. The van der Waals surface area contributed by atoms with E-state index in [2.05, 4.69) is 25.4 Å². The Kier molecular flexibility index (Phi) is 4.22. The molecule has 2 aliphatic heterocycles. The molecule has 2 saturated heterocycles. The zero-order chi connectivity index (χ0) is 16.4. The fourth-order valence-electron chi connectivity index (χ4n) is 3.39. The van der Waals surface area contributed by atoms with Gasteiger partial charge in [-0.2, -0.15) is 0 Å². The second kappa shape index (κ2) is 6.66. The van der Waals surface area contributed by atoms with Crippen LogP contribution in [0.5, 0.6) is 0 Å². The molecular formula is C16H20N6O2. The van der Waals surface area contributed by atoms with Gasteiger partial charge in [0.2, 0.25) is 0 Å². The minimum atomic E-state index is -0.105. The van der Waals surface area contributed by atoms with Gasteiger partial charge in [0.1, 0.15) is 18.5 Å². The van der Waals surface area contributed by atoms with Gasteiger partial charge < -0.3 is 10.1 Å². The minimum Gasteiger partial charge on any atom is -0.378 e. The van der Waals surface area contributed by atoms with E-state index in [1.165, 1.54) is 12.8 Å². The molecule has 0 aliphatic carbocycles. The highest BCUT2D eigenvalue weighted by atomic mass is 16.5. The van der Waals surface area contributed by atoms with E-state index in [0.29, 0.717) is 24.6 Å². The van der Waals surface area contributed by atoms with Crippen molar-refractivity contribution in [2.24, 2.45) is 0 Å². The molecule has 1 amide bonds. The Morgan fingerprint density at radius 1 is 1.21 bits per heavy atom. The van der Waals surface area contributed by atoms with Gasteiger partial charge in [-0.3, -0.25) is 14.3 Å². The molecule has 0 saturated carbocycles. The van der Waals surface area contributed by atoms with E-state index in [9.17, 15) is 4.79 Å². The largest absolute Gasteiger partial charge is 0.378 e. The molecule has 2 atom stereocenters. The number of hydrogen-bond acceptors (Lipinski definition) is 6. The van der Waals surface area contributed by atoms with Crippen LogP contribution < -0.4 is 5.32 Å². The number of nitrogens with zero attached hydrogens (tertiary/aromatic N) is 5. The van der Waals surface area contributed by atoms with E-state index in [4.69, 9.17) is 4.74 Å². The molecule has 2 aromatic rings. The molecule has 8 nitrogen and oxygen atoms in total. The molecule has 2 aromatic heterocycles. The van der Waals surface area contributed by atoms with Crippen LogP contribution in [0.15, 0.2) is 31.0 Å². The zero-order valence-corrected chi connectivity index (χ0v) is 13.3. The van der Waals surface area contributed by atoms with E-state index in [-0.39, 0.29) is 18.0 Å². The summed E-state index contributed by atoms with van der Waals surface area (Å²) in [5, 5.41) is 10.6. The number of rotatable bonds is 4. The van der Waals surface area contributed by atoms with Crippen molar-refractivity contribution < 1.29 is 9.53 Å². The second-order valence-electron chi connectivity index (χ2n) is 6.20. The molecule has 8 heteroatoms. The summed E-state index contributed by atoms with van der Waals surface area (Å²) in [7, 11) is 0. The summed E-state index contributed by atoms with van der Waals surface area (Å²) in [6, 6.07) is 3.75. The van der Waals surface area contributed by atoms with Crippen LogP contribution in [0.1, 0.15) is 23.2 Å². The highest BCUT2D eigenvalue weighted by Gasteiger charge is 2.35. The summed E-state index contributed by atoms with van der Waals surface area (Å²) in [5.41, 5.74) is 0.570. The molecule has 4 heterocycles. The van der Waals surface area contributed by atoms with Gasteiger partial charge in [-0.05, 0) is 38.1 Å². The monoisotopic (exact) mass is 328 g/mol. The van der Waals surface area contributed by atoms with Crippen LogP contribution in [0.2, 0.25) is 0 Å². The van der Waals surface area contributed by atoms with Gasteiger partial charge in [-0.15, -0.1) is 10.2 Å². The highest BCUT2D eigenvalue weighted by molar-refractivity contribution is 5.94. The number of carbonyl (C=O) groups is 1. The fraction of sp³-hybridized carbons (Fsp3) is 0.500. The Balaban J connectivity index is 1.47. The normalized spacial score (nSPS) is 24.3. The van der Waals surface area contributed by atoms with Crippen LogP contribution in [-0.2, 0) is 4.74 Å². The van der Waals surface area contributed by atoms with Crippen LogP contribution in [0, 0.1) is 0 Å². The number of aromatic nitrogens is 4. The van der Waals surface area contributed by atoms with Gasteiger partial charge in [0, 0.05) is 11.8 Å². The Bertz CT molecular complexity index is 698. The van der Waals surface area contributed by atoms with Gasteiger partial charge in [-0.25, -0.2) is 4.98 Å². The molecule has 0 bridgehead atoms. The summed E-state index contributed by atoms with van der Waals surface area (Å²) < 4.78 is 7.28. The van der Waals surface area contributed by atoms with Crippen LogP contribution in [-0.4, -0.2) is 68.9 Å². The summed E-state index contributed by atoms with van der Waals surface area (Å²) >= 11 is 0. The average Bonchev–Trinajstić information content (AvgIpc) is 3.36. The van der Waals surface area contributed by atoms with Gasteiger partial charge in [0.15, 0.2) is 0 Å². The number of ether oxygens (including phenoxy) is 1. The molecule has 126 valence electrons. The van der Waals surface area contributed by atoms with E-state index in [1.807, 2.05) is 0 Å². The summed E-state index contributed by atoms with van der Waals surface area (Å²) in [6.45, 7) is 3.43. The lowest BCUT2D eigenvalue weighted by Crippen LogP contribution is -2.50. The number of carbonyl (C=O) groups excluding carboxylic acids is 1. The molecule has 0 aromatic carbocycles. The second-order valence-corrected chi connectivity index (χ2v) is 6.20. The van der Waals surface area contributed by atoms with Crippen molar-refractivity contribution in [2.45, 2.75) is 24.9 Å². The van der Waals surface area contributed by atoms with Gasteiger partial charge >= 0.3 is 0 Å². The maximum absolute atomic E-state index is 12.6. The quantitative estimate of drug-likeness (QED) is 0.866. The van der Waals surface area contributed by atoms with Gasteiger partial charge in [0.25, 0.3) is 5.91 Å². The molecule has 24 heavy (non-hydrogen) atoms. The number of hydrogen-bond donors (Lipinski definition) is 1. The Hall–Kier alpha value is -2.32. The summed E-state index contributed by atoms with van der Waals surface area (Å²) in [6.07, 6.45) is 7.18. The first kappa shape index (κ1) is 15.2. The number of likely N-dealkylation sites (tertiary alicyclic amines) is 1. The zero-order valence-electron chi connectivity index (χ0n) is 13.3. The van der Waals surface area contributed by atoms with E-state index >= 15 is 0 Å². The van der Waals surface area contributed by atoms with Gasteiger partial charge in [0.05, 0.1) is 25.3 Å². The molecular weight excluding hydrogens is 308 g/mol. The molecule has 0 spiro atoms. The van der Waals surface area contributed by atoms with Crippen LogP contribution in [0.25, 0.3) is 5.82 Å². The van der Waals surface area contributed by atoms with Crippen molar-refractivity contribution in [1.82, 2.24) is 30.0 Å². The predicted octanol–water partition coefficient (Wildman–Crippen LogP) is 0.255. The first-order valence-corrected chi connectivity index (χ1v) is 8.25. The van der Waals surface area contributed by atoms with Crippen LogP contribution >= 0.6 is 0 Å². The molecule has 0 unspecified atom stereocenters. The highest BCUT2D eigenvalue weighted by Crippen LogP contribution is 2.19. The smallest absolute Gasteiger partial charge is 0.251 e. The predicted molar refractivity (Wildman–Crippen MR) is 85.8 cm³/mol. The molecule has 4 rings (SSSR count). The maximum Gasteiger partial charge on any atom is 0.251 e. The standard InChI is InChI=1S/C16H20N6O2/c23-16(12-3-4-17-15(7-12)22-10-18-19-11-22)20-13-8-24-9-14(13)21-5-1-2-6-21/h3-4,7,10-11,13-14H,1-2,5-6,8-9H2,(H,20,23)/t13-,14-/m1/s1. The first-order chi connectivity index (χ1) is 11.8. The third-order valence-corrected chi connectivity index (χ3v) is 4.67. The SMILES string of the molecule is O=C(N[C@@H]1COC[C@H]1N1CCCC1)c1ccnc(-n2cnnc2)c1. The Morgan fingerprint density at radius 2 is 2.00 bits per heavy atom. The van der Waals surface area contributed by atoms with E-state index < -0.39 is 0 Å². The molecule has 1 N–H and O–H groups in total. The third-order valence-electron chi connectivity index (χ3n) is 4.67. The van der Waals surface area contributed by atoms with Crippen molar-refractivity contribution in [3.63, 3.8) is 0 Å². The van der Waals surface area contributed by atoms with Crippen molar-refractivity contribution in [3.05, 3.63) is 36.5 Å². The number of nitrogens with one attached hydrogen (secondary N) is 1. The fourth-order valence-corrected chi connectivity index (χ4v) is 3.39. The molecule has 0 radical (unpaired) electrons. The topological polar surface area (TPSA) is 85.2 Å². The Morgan fingerprint density at radius 3 is 2.79 bits per heavy atom. The minimum absolute atomic E-state index is 0.0297. The lowest BCUT2D eigenvalue weighted by atomic mass is 10.1. The number of pyridine rings is 1. The lowest BCUT2D eigenvalue weighted by Gasteiger charge is -2.27. The maximum atomic E-state index is 12.6. The summed E-state index contributed by atoms with van der Waals surface area (Å²) in [5.74, 6) is 0.512. The van der Waals surface area contributed by atoms with E-state index in [1.54, 1.807) is 35.6 Å². The van der Waals surface area contributed by atoms with Gasteiger partial charge in [-0.1, -0.05) is 0 Å². The van der Waals surface area contributed by atoms with Crippen LogP contribution in [0.3, 0.4) is 0 Å². The molecule has 2 fully saturated rings.